The monoisotopic (exact) mass is 442 g/mol. The van der Waals surface area contributed by atoms with Crippen LogP contribution in [0.25, 0.3) is 22.0 Å². The van der Waals surface area contributed by atoms with E-state index in [0.29, 0.717) is 17.0 Å². The number of fused-ring (bicyclic) bond motifs is 3. The Bertz CT molecular complexity index is 1440. The first-order valence-electron chi connectivity index (χ1n) is 10.6. The smallest absolute Gasteiger partial charge is 0.182 e. The fraction of sp³-hybridized carbons (Fsp3) is 0.240. The number of nitrogens with one attached hydrogen (secondary N) is 1. The molecule has 32 heavy (non-hydrogen) atoms. The highest BCUT2D eigenvalue weighted by Crippen LogP contribution is 2.47. The topological polar surface area (TPSA) is 84.0 Å². The zero-order valence-electron chi connectivity index (χ0n) is 17.4. The Hall–Kier alpha value is -3.40. The number of hydrogen-bond donors (Lipinski definition) is 1. The van der Waals surface area contributed by atoms with Gasteiger partial charge in [0, 0.05) is 58.7 Å². The van der Waals surface area contributed by atoms with Gasteiger partial charge in [0.25, 0.3) is 0 Å². The van der Waals surface area contributed by atoms with Crippen molar-refractivity contribution in [2.75, 3.05) is 6.54 Å². The van der Waals surface area contributed by atoms with E-state index < -0.39 is 0 Å². The third-order valence-corrected chi connectivity index (χ3v) is 6.40. The summed E-state index contributed by atoms with van der Waals surface area (Å²) in [6, 6.07) is 13.7. The second kappa shape index (κ2) is 7.33. The molecule has 0 spiro atoms. The third kappa shape index (κ3) is 3.05. The van der Waals surface area contributed by atoms with Gasteiger partial charge >= 0.3 is 0 Å². The molecule has 4 heterocycles. The van der Waals surface area contributed by atoms with Gasteiger partial charge in [-0.1, -0.05) is 22.8 Å². The van der Waals surface area contributed by atoms with Gasteiger partial charge < -0.3 is 14.6 Å². The second-order valence-corrected chi connectivity index (χ2v) is 8.74. The van der Waals surface area contributed by atoms with Gasteiger partial charge in [-0.05, 0) is 42.8 Å². The first-order chi connectivity index (χ1) is 15.6. The second-order valence-electron chi connectivity index (χ2n) is 8.31. The van der Waals surface area contributed by atoms with Crippen molar-refractivity contribution in [1.29, 1.82) is 5.26 Å². The van der Waals surface area contributed by atoms with Crippen LogP contribution in [-0.4, -0.2) is 16.7 Å². The average molecular weight is 443 g/mol. The molecule has 158 valence electrons. The lowest BCUT2D eigenvalue weighted by Crippen LogP contribution is -2.24. The predicted octanol–water partition coefficient (Wildman–Crippen LogP) is 5.05. The summed E-state index contributed by atoms with van der Waals surface area (Å²) in [6.07, 6.45) is 1.30. The van der Waals surface area contributed by atoms with Gasteiger partial charge in [0.05, 0.1) is 22.8 Å². The maximum Gasteiger partial charge on any atom is 0.182 e. The van der Waals surface area contributed by atoms with Gasteiger partial charge in [0.2, 0.25) is 0 Å². The number of hydrogen-bond acceptors (Lipinski definition) is 6. The molecule has 1 N–H and O–H groups in total. The lowest BCUT2D eigenvalue weighted by Gasteiger charge is -2.16. The molecule has 2 aromatic heterocycles. The number of nitriles is 1. The van der Waals surface area contributed by atoms with Crippen LogP contribution in [0.3, 0.4) is 0 Å². The molecule has 6 rings (SSSR count). The van der Waals surface area contributed by atoms with Crippen molar-refractivity contribution in [2.45, 2.75) is 32.4 Å². The van der Waals surface area contributed by atoms with Crippen molar-refractivity contribution >= 4 is 22.5 Å². The molecule has 0 amide bonds. The fourth-order valence-corrected chi connectivity index (χ4v) is 4.98. The molecule has 0 saturated heterocycles. The normalized spacial score (nSPS) is 17.0. The van der Waals surface area contributed by atoms with E-state index in [2.05, 4.69) is 21.5 Å². The van der Waals surface area contributed by atoms with E-state index in [0.717, 1.165) is 75.6 Å². The van der Waals surface area contributed by atoms with E-state index in [4.69, 9.17) is 20.9 Å². The van der Waals surface area contributed by atoms with E-state index in [1.807, 2.05) is 43.3 Å². The Morgan fingerprint density at radius 1 is 1.19 bits per heavy atom. The summed E-state index contributed by atoms with van der Waals surface area (Å²) in [7, 11) is 0. The van der Waals surface area contributed by atoms with Crippen molar-refractivity contribution in [3.05, 3.63) is 75.3 Å². The minimum atomic E-state index is -0.238. The molecule has 0 bridgehead atoms. The molecule has 0 aliphatic carbocycles. The zero-order chi connectivity index (χ0) is 21.8. The van der Waals surface area contributed by atoms with E-state index in [1.165, 1.54) is 0 Å². The maximum absolute atomic E-state index is 9.29. The lowest BCUT2D eigenvalue weighted by molar-refractivity contribution is 0.189. The van der Waals surface area contributed by atoms with Crippen LogP contribution in [0.5, 0.6) is 5.75 Å². The number of pyridine rings is 1. The number of ether oxygens (including phenoxy) is 1. The van der Waals surface area contributed by atoms with E-state index >= 15 is 0 Å². The molecule has 2 aromatic carbocycles. The lowest BCUT2D eigenvalue weighted by atomic mass is 9.96. The van der Waals surface area contributed by atoms with Crippen LogP contribution in [0.15, 0.2) is 40.9 Å². The van der Waals surface area contributed by atoms with Gasteiger partial charge in [0.1, 0.15) is 5.75 Å². The van der Waals surface area contributed by atoms with Crippen LogP contribution in [0.4, 0.5) is 0 Å². The van der Waals surface area contributed by atoms with Crippen molar-refractivity contribution in [3.8, 4) is 22.9 Å². The standard InChI is InChI=1S/C25H19ClN4O2/c1-13-6-18(17-3-2-14(11-27)7-22(17)29-13)19-10-16(26)8-15-9-23(31-24(15)19)25-20-12-28-5-4-21(20)30-32-25/h2-3,6-8,10,23,28H,4-5,9,12H2,1H3/t23-/m1/s1. The minimum absolute atomic E-state index is 0.238. The SMILES string of the molecule is Cc1cc(-c2cc(Cl)cc3c2O[C@@H](c2onc4c2CNCC4)C3)c2ccc(C#N)cc2n1. The minimum Gasteiger partial charge on any atom is -0.481 e. The van der Waals surface area contributed by atoms with E-state index in [1.54, 1.807) is 0 Å². The largest absolute Gasteiger partial charge is 0.481 e. The highest BCUT2D eigenvalue weighted by Gasteiger charge is 2.34. The van der Waals surface area contributed by atoms with Gasteiger partial charge in [-0.15, -0.1) is 0 Å². The molecular weight excluding hydrogens is 424 g/mol. The first-order valence-corrected chi connectivity index (χ1v) is 11.0. The highest BCUT2D eigenvalue weighted by atomic mass is 35.5. The van der Waals surface area contributed by atoms with Crippen molar-refractivity contribution in [1.82, 2.24) is 15.5 Å². The Balaban J connectivity index is 1.48. The molecule has 0 unspecified atom stereocenters. The Labute approximate surface area is 189 Å². The number of rotatable bonds is 2. The maximum atomic E-state index is 9.29. The van der Waals surface area contributed by atoms with Crippen LogP contribution in [0.2, 0.25) is 5.02 Å². The number of nitrogens with zero attached hydrogens (tertiary/aromatic N) is 3. The van der Waals surface area contributed by atoms with Crippen LogP contribution in [-0.2, 0) is 19.4 Å². The molecule has 0 saturated carbocycles. The van der Waals surface area contributed by atoms with E-state index in [-0.39, 0.29) is 6.10 Å². The summed E-state index contributed by atoms with van der Waals surface area (Å²) in [5.41, 5.74) is 7.29. The molecule has 0 radical (unpaired) electrons. The quantitative estimate of drug-likeness (QED) is 0.468. The third-order valence-electron chi connectivity index (χ3n) is 6.19. The van der Waals surface area contributed by atoms with E-state index in [9.17, 15) is 5.26 Å². The number of aromatic nitrogens is 2. The fourth-order valence-electron chi connectivity index (χ4n) is 4.74. The Morgan fingerprint density at radius 3 is 2.97 bits per heavy atom. The van der Waals surface area contributed by atoms with Gasteiger partial charge in [-0.25, -0.2) is 0 Å². The summed E-state index contributed by atoms with van der Waals surface area (Å²) >= 11 is 6.55. The van der Waals surface area contributed by atoms with Crippen LogP contribution in [0.1, 0.15) is 39.9 Å². The van der Waals surface area contributed by atoms with Crippen LogP contribution in [0, 0.1) is 18.3 Å². The summed E-state index contributed by atoms with van der Waals surface area (Å²) in [6.45, 7) is 3.60. The average Bonchev–Trinajstić information content (AvgIpc) is 3.41. The summed E-state index contributed by atoms with van der Waals surface area (Å²) in [5, 5.41) is 18.6. The van der Waals surface area contributed by atoms with Gasteiger partial charge in [0.15, 0.2) is 11.9 Å². The molecule has 1 atom stereocenters. The summed E-state index contributed by atoms with van der Waals surface area (Å²) in [5.74, 6) is 1.60. The van der Waals surface area contributed by atoms with Crippen molar-refractivity contribution < 1.29 is 9.26 Å². The molecule has 7 heteroatoms. The van der Waals surface area contributed by atoms with Crippen molar-refractivity contribution in [2.24, 2.45) is 0 Å². The predicted molar refractivity (Wildman–Crippen MR) is 121 cm³/mol. The molecule has 4 aromatic rings. The number of halogens is 1. The first kappa shape index (κ1) is 19.3. The zero-order valence-corrected chi connectivity index (χ0v) is 18.2. The molecule has 6 nitrogen and oxygen atoms in total. The van der Waals surface area contributed by atoms with Crippen LogP contribution >= 0.6 is 11.6 Å². The van der Waals surface area contributed by atoms with Crippen molar-refractivity contribution in [3.63, 3.8) is 0 Å². The van der Waals surface area contributed by atoms with Crippen LogP contribution < -0.4 is 10.1 Å². The Morgan fingerprint density at radius 2 is 2.09 bits per heavy atom. The summed E-state index contributed by atoms with van der Waals surface area (Å²) in [4.78, 5) is 4.64. The molecule has 2 aliphatic heterocycles. The highest BCUT2D eigenvalue weighted by molar-refractivity contribution is 6.31. The van der Waals surface area contributed by atoms with Gasteiger partial charge in [-0.2, -0.15) is 5.26 Å². The number of benzene rings is 2. The number of aryl methyl sites for hydroxylation is 1. The molecule has 2 aliphatic rings. The Kier molecular flexibility index (Phi) is 4.42. The molecular formula is C25H19ClN4O2. The van der Waals surface area contributed by atoms with Gasteiger partial charge in [-0.3, -0.25) is 4.98 Å². The summed E-state index contributed by atoms with van der Waals surface area (Å²) < 4.78 is 12.2. The molecule has 0 fully saturated rings.